The van der Waals surface area contributed by atoms with Crippen LogP contribution in [-0.4, -0.2) is 30.0 Å². The Morgan fingerprint density at radius 1 is 1.22 bits per heavy atom. The zero-order valence-electron chi connectivity index (χ0n) is 18.2. The first-order valence-electron chi connectivity index (χ1n) is 10.0. The molecule has 1 atom stereocenters. The molecule has 0 saturated carbocycles. The first-order chi connectivity index (χ1) is 15.3. The van der Waals surface area contributed by atoms with Crippen LogP contribution in [0, 0.1) is 11.3 Å². The Morgan fingerprint density at radius 3 is 2.72 bits per heavy atom. The van der Waals surface area contributed by atoms with Crippen LogP contribution in [0.4, 0.5) is 0 Å². The van der Waals surface area contributed by atoms with Crippen LogP contribution in [0.25, 0.3) is 28.6 Å². The summed E-state index contributed by atoms with van der Waals surface area (Å²) >= 11 is 0. The van der Waals surface area contributed by atoms with Gasteiger partial charge in [-0.25, -0.2) is 4.57 Å². The highest BCUT2D eigenvalue weighted by molar-refractivity contribution is 7.53. The number of benzene rings is 2. The molecule has 0 aliphatic heterocycles. The first-order valence-corrected chi connectivity index (χ1v) is 12.0. The van der Waals surface area contributed by atoms with Crippen LogP contribution in [0.5, 0.6) is 5.75 Å². The van der Waals surface area contributed by atoms with Crippen LogP contribution in [0.15, 0.2) is 47.0 Å². The van der Waals surface area contributed by atoms with E-state index in [1.807, 2.05) is 38.1 Å². The van der Waals surface area contributed by atoms with Crippen LogP contribution in [-0.2, 0) is 20.0 Å². The molecule has 32 heavy (non-hydrogen) atoms. The second kappa shape index (κ2) is 8.62. The van der Waals surface area contributed by atoms with Crippen molar-refractivity contribution in [2.24, 2.45) is 0 Å². The van der Waals surface area contributed by atoms with E-state index in [-0.39, 0.29) is 6.10 Å². The molecular formula is C23H22N3O5P. The Balaban J connectivity index is 1.64. The minimum absolute atomic E-state index is 0.0453. The van der Waals surface area contributed by atoms with E-state index >= 15 is 0 Å². The summed E-state index contributed by atoms with van der Waals surface area (Å²) in [6.07, 6.45) is 2.39. The average molecular weight is 451 g/mol. The van der Waals surface area contributed by atoms with Crippen LogP contribution >= 0.6 is 7.60 Å². The fourth-order valence-corrected chi connectivity index (χ4v) is 4.02. The maximum atomic E-state index is 12.2. The van der Waals surface area contributed by atoms with E-state index in [2.05, 4.69) is 16.2 Å². The standard InChI is InChI=1S/C23H22N3O5P/c1-14(2)29-20-10-8-15(12-16(20)13-24)23-25-22(26-30-23)19-7-5-6-18-17(19)9-11-21(18)31-32(4,27)28-3/h5-8,10-12,14H,9H2,1-4H3. The summed E-state index contributed by atoms with van der Waals surface area (Å²) in [7, 11) is -1.82. The van der Waals surface area contributed by atoms with Gasteiger partial charge in [-0.15, -0.1) is 0 Å². The molecule has 1 aliphatic rings. The third-order valence-electron chi connectivity index (χ3n) is 4.91. The predicted molar refractivity (Wildman–Crippen MR) is 119 cm³/mol. The van der Waals surface area contributed by atoms with Crippen LogP contribution in [0.1, 0.15) is 30.5 Å². The molecule has 2 aromatic carbocycles. The van der Waals surface area contributed by atoms with Crippen molar-refractivity contribution >= 4 is 13.4 Å². The fourth-order valence-electron chi connectivity index (χ4n) is 3.41. The molecular weight excluding hydrogens is 429 g/mol. The van der Waals surface area contributed by atoms with Gasteiger partial charge in [-0.05, 0) is 50.1 Å². The Hall–Kier alpha value is -3.40. The lowest BCUT2D eigenvalue weighted by molar-refractivity contribution is 0.241. The van der Waals surface area contributed by atoms with E-state index in [9.17, 15) is 9.83 Å². The molecule has 1 heterocycles. The Bertz CT molecular complexity index is 1290. The minimum atomic E-state index is -3.18. The van der Waals surface area contributed by atoms with Gasteiger partial charge in [0, 0.05) is 30.5 Å². The number of allylic oxidation sites excluding steroid dienone is 1. The van der Waals surface area contributed by atoms with Gasteiger partial charge in [0.05, 0.1) is 11.7 Å². The molecule has 164 valence electrons. The SMILES string of the molecule is COP(C)(=O)OC1=CCc2c1cccc2-c1noc(-c2ccc(OC(C)C)c(C#N)c2)n1. The van der Waals surface area contributed by atoms with E-state index in [1.54, 1.807) is 18.2 Å². The third kappa shape index (κ3) is 4.31. The van der Waals surface area contributed by atoms with Crippen LogP contribution < -0.4 is 4.74 Å². The monoisotopic (exact) mass is 451 g/mol. The Morgan fingerprint density at radius 2 is 2.00 bits per heavy atom. The lowest BCUT2D eigenvalue weighted by Gasteiger charge is -2.14. The summed E-state index contributed by atoms with van der Waals surface area (Å²) in [4.78, 5) is 4.54. The van der Waals surface area contributed by atoms with Crippen molar-refractivity contribution in [1.29, 1.82) is 5.26 Å². The van der Waals surface area contributed by atoms with Crippen molar-refractivity contribution in [2.45, 2.75) is 26.4 Å². The summed E-state index contributed by atoms with van der Waals surface area (Å²) in [6, 6.07) is 13.0. The molecule has 1 aromatic heterocycles. The molecule has 0 amide bonds. The molecule has 0 fully saturated rings. The molecule has 1 unspecified atom stereocenters. The van der Waals surface area contributed by atoms with Crippen LogP contribution in [0.2, 0.25) is 0 Å². The smallest absolute Gasteiger partial charge is 0.375 e. The topological polar surface area (TPSA) is 107 Å². The predicted octanol–water partition coefficient (Wildman–Crippen LogP) is 5.45. The molecule has 0 spiro atoms. The van der Waals surface area contributed by atoms with Gasteiger partial charge in [0.25, 0.3) is 5.89 Å². The number of hydrogen-bond acceptors (Lipinski definition) is 8. The van der Waals surface area contributed by atoms with Crippen molar-refractivity contribution in [1.82, 2.24) is 10.1 Å². The highest BCUT2D eigenvalue weighted by atomic mass is 31.2. The number of aromatic nitrogens is 2. The average Bonchev–Trinajstić information content (AvgIpc) is 3.41. The Labute approximate surface area is 186 Å². The zero-order chi connectivity index (χ0) is 22.9. The molecule has 0 radical (unpaired) electrons. The third-order valence-corrected chi connectivity index (χ3v) is 6.10. The fraction of sp³-hybridized carbons (Fsp3) is 0.261. The van der Waals surface area contributed by atoms with E-state index in [0.717, 1.165) is 16.7 Å². The summed E-state index contributed by atoms with van der Waals surface area (Å²) in [5.74, 6) is 1.73. The molecule has 0 saturated heterocycles. The van der Waals surface area contributed by atoms with E-state index in [4.69, 9.17) is 18.3 Å². The zero-order valence-corrected chi connectivity index (χ0v) is 19.1. The van der Waals surface area contributed by atoms with Crippen molar-refractivity contribution < 1.29 is 22.9 Å². The molecule has 0 N–H and O–H groups in total. The minimum Gasteiger partial charge on any atom is -0.490 e. The summed E-state index contributed by atoms with van der Waals surface area (Å²) in [5.41, 5.74) is 3.57. The summed E-state index contributed by atoms with van der Waals surface area (Å²) in [6.45, 7) is 5.23. The molecule has 1 aliphatic carbocycles. The largest absolute Gasteiger partial charge is 0.490 e. The van der Waals surface area contributed by atoms with E-state index < -0.39 is 7.60 Å². The number of nitriles is 1. The van der Waals surface area contributed by atoms with Gasteiger partial charge in [-0.2, -0.15) is 10.2 Å². The van der Waals surface area contributed by atoms with Gasteiger partial charge < -0.3 is 18.3 Å². The van der Waals surface area contributed by atoms with Gasteiger partial charge >= 0.3 is 7.60 Å². The summed E-state index contributed by atoms with van der Waals surface area (Å²) in [5, 5.41) is 13.6. The van der Waals surface area contributed by atoms with Crippen molar-refractivity contribution in [3.05, 3.63) is 59.2 Å². The van der Waals surface area contributed by atoms with Crippen molar-refractivity contribution in [2.75, 3.05) is 13.8 Å². The van der Waals surface area contributed by atoms with Gasteiger partial charge in [-0.1, -0.05) is 23.4 Å². The quantitative estimate of drug-likeness (QED) is 0.437. The van der Waals surface area contributed by atoms with Gasteiger partial charge in [0.15, 0.2) is 0 Å². The second-order valence-electron chi connectivity index (χ2n) is 7.56. The lowest BCUT2D eigenvalue weighted by Crippen LogP contribution is -2.06. The van der Waals surface area contributed by atoms with Crippen LogP contribution in [0.3, 0.4) is 0 Å². The normalized spacial score (nSPS) is 14.4. The number of fused-ring (bicyclic) bond motifs is 1. The highest BCUT2D eigenvalue weighted by Gasteiger charge is 2.26. The summed E-state index contributed by atoms with van der Waals surface area (Å²) < 4.78 is 33.9. The highest BCUT2D eigenvalue weighted by Crippen LogP contribution is 2.49. The maximum absolute atomic E-state index is 12.2. The van der Waals surface area contributed by atoms with Crippen molar-refractivity contribution in [3.63, 3.8) is 0 Å². The van der Waals surface area contributed by atoms with Gasteiger partial charge in [0.1, 0.15) is 17.6 Å². The molecule has 0 bridgehead atoms. The molecule has 4 rings (SSSR count). The second-order valence-corrected chi connectivity index (χ2v) is 9.65. The number of nitrogens with zero attached hydrogens (tertiary/aromatic N) is 3. The number of ether oxygens (including phenoxy) is 1. The number of hydrogen-bond donors (Lipinski definition) is 0. The lowest BCUT2D eigenvalue weighted by atomic mass is 10.0. The molecule has 3 aromatic rings. The number of rotatable bonds is 7. The van der Waals surface area contributed by atoms with Gasteiger partial charge in [0.2, 0.25) is 5.82 Å². The molecule has 9 heteroatoms. The van der Waals surface area contributed by atoms with E-state index in [0.29, 0.717) is 40.8 Å². The van der Waals surface area contributed by atoms with E-state index in [1.165, 1.54) is 13.8 Å². The maximum Gasteiger partial charge on any atom is 0.375 e. The molecule has 8 nitrogen and oxygen atoms in total. The first kappa shape index (κ1) is 21.8. The van der Waals surface area contributed by atoms with Gasteiger partial charge in [-0.3, -0.25) is 0 Å². The van der Waals surface area contributed by atoms with Crippen molar-refractivity contribution in [3.8, 4) is 34.7 Å². The Kier molecular flexibility index (Phi) is 5.88.